The Bertz CT molecular complexity index is 6870. The summed E-state index contributed by atoms with van der Waals surface area (Å²) in [6.07, 6.45) is 24.8. The third kappa shape index (κ3) is 14.0. The van der Waals surface area contributed by atoms with Crippen molar-refractivity contribution < 1.29 is 84.3 Å². The average molecular weight is 2540 g/mol. The predicted octanol–water partition coefficient (Wildman–Crippen LogP) is 17.6. The van der Waals surface area contributed by atoms with Crippen LogP contribution >= 0.6 is 0 Å². The van der Waals surface area contributed by atoms with Crippen molar-refractivity contribution in [3.05, 3.63) is 495 Å². The molecule has 0 amide bonds. The second kappa shape index (κ2) is 36.9. The molecule has 8 aliphatic rings. The number of nitrogens with zero attached hydrogens (tertiary/aromatic N) is 26. The Morgan fingerprint density at radius 3 is 0.736 bits per heavy atom. The standard InChI is InChI=1S/2C28H19N6.2C27H18N7.4Pt/c2*1-33-18-34(27-24(33)12-6-15-30-27)20-8-4-7-19(17-20)28(25-13-16-31-32-25)23-11-3-2-9-21(23)22-10-5-14-29-26(22)28;2*1-33-17-34(26-25(33)29-14-15-30-26)19-7-4-6-18(16-19)27(23-11-13-31-32-23)22-10-3-2-8-20(22)21-9-5-12-28-24(21)27;;;;/h2*2-16,18H,1H3;2*2-15,17H,1H3;;;;/q4*-3;;;;. The van der Waals surface area contributed by atoms with Crippen LogP contribution in [0.5, 0.6) is 0 Å². The summed E-state index contributed by atoms with van der Waals surface area (Å²) in [4.78, 5) is 63.2. The molecule has 0 bridgehead atoms. The van der Waals surface area contributed by atoms with Crippen molar-refractivity contribution >= 4 is 69.0 Å². The van der Waals surface area contributed by atoms with E-state index in [9.17, 15) is 0 Å². The Kier molecular flexibility index (Phi) is 24.1. The minimum absolute atomic E-state index is 0. The third-order valence-electron chi connectivity index (χ3n) is 26.7. The zero-order valence-corrected chi connectivity index (χ0v) is 83.8. The van der Waals surface area contributed by atoms with Gasteiger partial charge >= 0.3 is 0 Å². The van der Waals surface area contributed by atoms with Crippen LogP contribution in [0.25, 0.3) is 44.5 Å². The Morgan fingerprint density at radius 2 is 0.457 bits per heavy atom. The summed E-state index contributed by atoms with van der Waals surface area (Å²) in [5, 5.41) is 35.0. The van der Waals surface area contributed by atoms with E-state index in [-0.39, 0.29) is 84.3 Å². The number of pyridine rings is 6. The second-order valence-electron chi connectivity index (χ2n) is 33.7. The Morgan fingerprint density at radius 1 is 0.221 bits per heavy atom. The topological polar surface area (TPSA) is 263 Å². The van der Waals surface area contributed by atoms with Gasteiger partial charge in [0, 0.05) is 203 Å². The van der Waals surface area contributed by atoms with Gasteiger partial charge in [0.1, 0.15) is 34.9 Å². The second-order valence-corrected chi connectivity index (χ2v) is 33.7. The zero-order chi connectivity index (χ0) is 90.8. The first-order chi connectivity index (χ1) is 67.1. The van der Waals surface area contributed by atoms with Gasteiger partial charge in [0.2, 0.25) is 0 Å². The van der Waals surface area contributed by atoms with Crippen LogP contribution in [0.2, 0.25) is 0 Å². The van der Waals surface area contributed by atoms with E-state index in [1.54, 1.807) is 49.6 Å². The molecule has 20 aromatic rings. The van der Waals surface area contributed by atoms with Gasteiger partial charge in [0.15, 0.2) is 0 Å². The number of hydrogen-bond donors (Lipinski definition) is 0. The van der Waals surface area contributed by atoms with Crippen LogP contribution in [0, 0.1) is 50.9 Å². The van der Waals surface area contributed by atoms with Crippen LogP contribution in [0.1, 0.15) is 90.1 Å². The molecular weight excluding hydrogens is 2470 g/mol. The van der Waals surface area contributed by atoms with Crippen LogP contribution in [-0.4, -0.2) is 98.4 Å². The SMILES string of the molecule is CN1[CH-]N(c2[c-]c(C3(c4cc[n-]n4)c4ccccc4-c4cccnc43)ccc2)c2ncccc21.CN1[CH-]N(c2[c-]c(C3(c4cc[n-]n4)c4ccccc4-c4cccnc43)ccc2)c2ncccc21.CN1[CH-]N(c2[c-]c(C3(c4cc[n-]n4)c4ccccc4-c4cccnc43)ccc2)c2nccnc21.CN1[CH-]N(c2[c-]c(C3(c4cc[n-]n4)c4ccccc4-c4cccnc43)ccc2)c2nccnc21.[Pt].[Pt].[Pt].[Pt]. The molecule has 4 atom stereocenters. The van der Waals surface area contributed by atoms with E-state index in [4.69, 9.17) is 19.9 Å². The molecule has 16 heterocycles. The van der Waals surface area contributed by atoms with Gasteiger partial charge < -0.3 is 80.0 Å². The predicted molar refractivity (Wildman–Crippen MR) is 518 cm³/mol. The molecule has 4 aliphatic carbocycles. The van der Waals surface area contributed by atoms with Crippen LogP contribution in [-0.2, 0) is 106 Å². The molecule has 0 spiro atoms. The largest absolute Gasteiger partial charge is 0.581 e. The van der Waals surface area contributed by atoms with Gasteiger partial charge in [-0.05, 0) is 121 Å². The van der Waals surface area contributed by atoms with Gasteiger partial charge in [-0.15, -0.1) is 58.3 Å². The van der Waals surface area contributed by atoms with Gasteiger partial charge in [0.05, 0.1) is 44.4 Å². The maximum Gasteiger partial charge on any atom is 0.143 e. The monoisotopic (exact) mass is 2540 g/mol. The number of hydrogen-bond acceptors (Lipinski definition) is 22. The Balaban J connectivity index is 0.000000110. The van der Waals surface area contributed by atoms with Crippen molar-refractivity contribution in [2.45, 2.75) is 21.7 Å². The van der Waals surface area contributed by atoms with E-state index in [1.807, 2.05) is 197 Å². The molecule has 30 heteroatoms. The number of rotatable bonds is 12. The first kappa shape index (κ1) is 91.2. The molecule has 0 N–H and O–H groups in total. The summed E-state index contributed by atoms with van der Waals surface area (Å²) >= 11 is 0. The van der Waals surface area contributed by atoms with Crippen LogP contribution < -0.4 is 59.6 Å². The van der Waals surface area contributed by atoms with Crippen molar-refractivity contribution in [1.82, 2.24) is 90.6 Å². The normalized spacial score (nSPS) is 17.5. The number of benzene rings is 8. The molecule has 12 aromatic heterocycles. The number of fused-ring (bicyclic) bond motifs is 16. The molecule has 4 unspecified atom stereocenters. The number of aromatic nitrogens is 18. The molecule has 4 aliphatic heterocycles. The molecule has 8 aromatic carbocycles. The summed E-state index contributed by atoms with van der Waals surface area (Å²) in [5.74, 6) is 4.90. The average Bonchev–Trinajstić information content (AvgIpc) is 1.55. The van der Waals surface area contributed by atoms with Crippen LogP contribution in [0.4, 0.5) is 69.0 Å². The van der Waals surface area contributed by atoms with Crippen molar-refractivity contribution in [1.29, 1.82) is 0 Å². The van der Waals surface area contributed by atoms with Crippen LogP contribution in [0.15, 0.2) is 354 Å². The van der Waals surface area contributed by atoms with Crippen LogP contribution in [0.3, 0.4) is 0 Å². The van der Waals surface area contributed by atoms with Crippen molar-refractivity contribution in [3.63, 3.8) is 0 Å². The van der Waals surface area contributed by atoms with E-state index < -0.39 is 21.7 Å². The first-order valence-corrected chi connectivity index (χ1v) is 44.3. The minimum atomic E-state index is -0.726. The molecule has 28 rings (SSSR count). The fourth-order valence-electron chi connectivity index (χ4n) is 21.1. The molecule has 0 radical (unpaired) electrons. The van der Waals surface area contributed by atoms with Gasteiger partial charge in [-0.1, -0.05) is 146 Å². The molecule has 26 nitrogen and oxygen atoms in total. The fourth-order valence-corrected chi connectivity index (χ4v) is 21.1. The zero-order valence-electron chi connectivity index (χ0n) is 74.7. The smallest absolute Gasteiger partial charge is 0.143 e. The molecule has 0 fully saturated rings. The van der Waals surface area contributed by atoms with Gasteiger partial charge in [-0.25, -0.2) is 29.9 Å². The molecule has 0 saturated carbocycles. The van der Waals surface area contributed by atoms with Gasteiger partial charge in [0.25, 0.3) is 0 Å². The summed E-state index contributed by atoms with van der Waals surface area (Å²) in [6.45, 7) is 8.03. The van der Waals surface area contributed by atoms with Crippen molar-refractivity contribution in [2.24, 2.45) is 0 Å². The molecule has 0 saturated heterocycles. The fraction of sp³-hybridized carbons (Fsp3) is 0.0727. The molecule has 140 heavy (non-hydrogen) atoms. The Hall–Kier alpha value is -15.2. The Labute approximate surface area is 864 Å². The van der Waals surface area contributed by atoms with Gasteiger partial charge in [-0.3, -0.25) is 19.9 Å². The van der Waals surface area contributed by atoms with E-state index >= 15 is 0 Å². The molecular formula is C110H74N26Pt4-12. The third-order valence-corrected chi connectivity index (χ3v) is 26.7. The van der Waals surface area contributed by atoms with E-state index in [0.29, 0.717) is 0 Å². The van der Waals surface area contributed by atoms with E-state index in [0.717, 1.165) is 204 Å². The summed E-state index contributed by atoms with van der Waals surface area (Å²) in [6, 6.07) is 106. The first-order valence-electron chi connectivity index (χ1n) is 44.3. The van der Waals surface area contributed by atoms with Crippen molar-refractivity contribution in [2.75, 3.05) is 67.4 Å². The maximum atomic E-state index is 4.91. The minimum Gasteiger partial charge on any atom is -0.581 e. The van der Waals surface area contributed by atoms with Crippen molar-refractivity contribution in [3.8, 4) is 44.5 Å². The quantitative estimate of drug-likeness (QED) is 0.103. The summed E-state index contributed by atoms with van der Waals surface area (Å²) < 4.78 is 0. The van der Waals surface area contributed by atoms with E-state index in [1.165, 1.54) is 0 Å². The molecule has 696 valence electrons. The van der Waals surface area contributed by atoms with E-state index in [2.05, 4.69) is 297 Å². The maximum absolute atomic E-state index is 4.91. The number of anilines is 12. The van der Waals surface area contributed by atoms with Gasteiger partial charge in [-0.2, -0.15) is 135 Å². The summed E-state index contributed by atoms with van der Waals surface area (Å²) in [7, 11) is 7.98. The summed E-state index contributed by atoms with van der Waals surface area (Å²) in [5.41, 5.74) is 27.3.